The molecule has 3 nitrogen and oxygen atoms in total. The van der Waals surface area contributed by atoms with Crippen LogP contribution in [0.3, 0.4) is 0 Å². The zero-order valence-corrected chi connectivity index (χ0v) is 11.8. The molecular weight excluding hydrogens is 245 g/mol. The van der Waals surface area contributed by atoms with Crippen LogP contribution in [0.1, 0.15) is 32.3 Å². The fourth-order valence-electron chi connectivity index (χ4n) is 1.82. The van der Waals surface area contributed by atoms with Crippen molar-refractivity contribution in [3.63, 3.8) is 0 Å². The van der Waals surface area contributed by atoms with Gasteiger partial charge in [0.1, 0.15) is 5.82 Å². The Kier molecular flexibility index (Phi) is 8.38. The molecule has 0 saturated heterocycles. The second kappa shape index (κ2) is 9.89. The van der Waals surface area contributed by atoms with E-state index in [9.17, 15) is 4.39 Å². The molecule has 0 saturated carbocycles. The van der Waals surface area contributed by atoms with Crippen molar-refractivity contribution in [1.82, 2.24) is 5.32 Å². The highest BCUT2D eigenvalue weighted by Crippen LogP contribution is 2.05. The van der Waals surface area contributed by atoms with E-state index in [1.54, 1.807) is 12.1 Å². The van der Waals surface area contributed by atoms with Gasteiger partial charge in [0.05, 0.1) is 0 Å². The van der Waals surface area contributed by atoms with E-state index in [-0.39, 0.29) is 12.1 Å². The van der Waals surface area contributed by atoms with Crippen molar-refractivity contribution in [1.29, 1.82) is 0 Å². The van der Waals surface area contributed by atoms with Gasteiger partial charge < -0.3 is 14.8 Å². The lowest BCUT2D eigenvalue weighted by Gasteiger charge is -2.16. The molecular formula is C15H24FNO2. The number of hydrogen-bond donors (Lipinski definition) is 1. The molecule has 1 rings (SSSR count). The van der Waals surface area contributed by atoms with Crippen molar-refractivity contribution < 1.29 is 13.9 Å². The monoisotopic (exact) mass is 269 g/mol. The standard InChI is InChI=1S/C15H24FNO2/c1-3-18-15(19-4-2)6-5-11-17-12-13-7-9-14(16)10-8-13/h7-10,15,17H,3-6,11-12H2,1-2H3. The predicted octanol–water partition coefficient (Wildman–Crippen LogP) is 3.09. The van der Waals surface area contributed by atoms with Crippen molar-refractivity contribution in [3.05, 3.63) is 35.6 Å². The van der Waals surface area contributed by atoms with Gasteiger partial charge in [0, 0.05) is 19.8 Å². The summed E-state index contributed by atoms with van der Waals surface area (Å²) in [5.41, 5.74) is 1.09. The first-order valence-corrected chi connectivity index (χ1v) is 6.94. The topological polar surface area (TPSA) is 30.5 Å². The molecule has 0 spiro atoms. The zero-order chi connectivity index (χ0) is 13.9. The first-order valence-electron chi connectivity index (χ1n) is 6.94. The first-order chi connectivity index (χ1) is 9.26. The van der Waals surface area contributed by atoms with Crippen LogP contribution in [0.2, 0.25) is 0 Å². The molecule has 0 heterocycles. The van der Waals surface area contributed by atoms with Crippen LogP contribution in [-0.4, -0.2) is 26.0 Å². The maximum absolute atomic E-state index is 12.7. The number of ether oxygens (including phenoxy) is 2. The van der Waals surface area contributed by atoms with Crippen LogP contribution >= 0.6 is 0 Å². The van der Waals surface area contributed by atoms with Gasteiger partial charge in [-0.15, -0.1) is 0 Å². The number of rotatable bonds is 10. The van der Waals surface area contributed by atoms with Crippen molar-refractivity contribution in [2.45, 2.75) is 39.5 Å². The van der Waals surface area contributed by atoms with Crippen molar-refractivity contribution in [2.75, 3.05) is 19.8 Å². The number of halogens is 1. The molecule has 0 unspecified atom stereocenters. The summed E-state index contributed by atoms with van der Waals surface area (Å²) in [6.45, 7) is 6.95. The zero-order valence-electron chi connectivity index (χ0n) is 11.8. The van der Waals surface area contributed by atoms with Gasteiger partial charge >= 0.3 is 0 Å². The summed E-state index contributed by atoms with van der Waals surface area (Å²) in [5.74, 6) is -0.194. The Morgan fingerprint density at radius 2 is 1.74 bits per heavy atom. The SMILES string of the molecule is CCOC(CCCNCc1ccc(F)cc1)OCC. The van der Waals surface area contributed by atoms with E-state index in [1.807, 2.05) is 13.8 Å². The number of benzene rings is 1. The van der Waals surface area contributed by atoms with Crippen molar-refractivity contribution >= 4 is 0 Å². The summed E-state index contributed by atoms with van der Waals surface area (Å²) in [7, 11) is 0. The molecule has 1 N–H and O–H groups in total. The largest absolute Gasteiger partial charge is 0.353 e. The number of hydrogen-bond acceptors (Lipinski definition) is 3. The van der Waals surface area contributed by atoms with E-state index in [1.165, 1.54) is 12.1 Å². The predicted molar refractivity (Wildman–Crippen MR) is 74.4 cm³/mol. The average Bonchev–Trinajstić information content (AvgIpc) is 2.41. The highest BCUT2D eigenvalue weighted by atomic mass is 19.1. The lowest BCUT2D eigenvalue weighted by Crippen LogP contribution is -2.21. The Hall–Kier alpha value is -0.970. The van der Waals surface area contributed by atoms with Crippen LogP contribution in [0.4, 0.5) is 4.39 Å². The second-order valence-corrected chi connectivity index (χ2v) is 4.29. The fraction of sp³-hybridized carbons (Fsp3) is 0.600. The molecule has 4 heteroatoms. The molecule has 0 aliphatic carbocycles. The average molecular weight is 269 g/mol. The fourth-order valence-corrected chi connectivity index (χ4v) is 1.82. The summed E-state index contributed by atoms with van der Waals surface area (Å²) >= 11 is 0. The highest BCUT2D eigenvalue weighted by Gasteiger charge is 2.06. The van der Waals surface area contributed by atoms with Gasteiger partial charge in [0.25, 0.3) is 0 Å². The maximum atomic E-state index is 12.7. The van der Waals surface area contributed by atoms with Crippen LogP contribution in [-0.2, 0) is 16.0 Å². The lowest BCUT2D eigenvalue weighted by molar-refractivity contribution is -0.139. The molecule has 1 aromatic rings. The Labute approximate surface area is 115 Å². The van der Waals surface area contributed by atoms with Crippen LogP contribution in [0.15, 0.2) is 24.3 Å². The molecule has 0 fully saturated rings. The Morgan fingerprint density at radius 3 is 2.32 bits per heavy atom. The van der Waals surface area contributed by atoms with Gasteiger partial charge in [-0.25, -0.2) is 4.39 Å². The van der Waals surface area contributed by atoms with E-state index in [0.29, 0.717) is 13.2 Å². The highest BCUT2D eigenvalue weighted by molar-refractivity contribution is 5.15. The smallest absolute Gasteiger partial charge is 0.157 e. The lowest BCUT2D eigenvalue weighted by atomic mass is 10.2. The third-order valence-electron chi connectivity index (χ3n) is 2.74. The molecule has 0 aliphatic heterocycles. The number of nitrogens with one attached hydrogen (secondary N) is 1. The van der Waals surface area contributed by atoms with Gasteiger partial charge in [0.2, 0.25) is 0 Å². The van der Waals surface area contributed by atoms with Crippen LogP contribution in [0.5, 0.6) is 0 Å². The first kappa shape index (κ1) is 16.1. The van der Waals surface area contributed by atoms with Gasteiger partial charge in [0.15, 0.2) is 6.29 Å². The minimum atomic E-state index is -0.194. The molecule has 0 radical (unpaired) electrons. The minimum absolute atomic E-state index is 0.0948. The molecule has 19 heavy (non-hydrogen) atoms. The van der Waals surface area contributed by atoms with E-state index >= 15 is 0 Å². The third kappa shape index (κ3) is 7.25. The Bertz CT molecular complexity index is 323. The summed E-state index contributed by atoms with van der Waals surface area (Å²) in [6.07, 6.45) is 1.78. The van der Waals surface area contributed by atoms with Crippen LogP contribution in [0, 0.1) is 5.82 Å². The minimum Gasteiger partial charge on any atom is -0.353 e. The molecule has 0 bridgehead atoms. The molecule has 0 aromatic heterocycles. The third-order valence-corrected chi connectivity index (χ3v) is 2.74. The molecule has 0 atom stereocenters. The summed E-state index contributed by atoms with van der Waals surface area (Å²) < 4.78 is 23.7. The molecule has 0 aliphatic rings. The van der Waals surface area contributed by atoms with Gasteiger partial charge in [-0.05, 0) is 50.9 Å². The van der Waals surface area contributed by atoms with E-state index in [0.717, 1.165) is 31.5 Å². The summed E-state index contributed by atoms with van der Waals surface area (Å²) in [4.78, 5) is 0. The summed E-state index contributed by atoms with van der Waals surface area (Å²) in [6, 6.07) is 6.56. The Morgan fingerprint density at radius 1 is 1.11 bits per heavy atom. The maximum Gasteiger partial charge on any atom is 0.157 e. The van der Waals surface area contributed by atoms with Gasteiger partial charge in [-0.2, -0.15) is 0 Å². The normalized spacial score (nSPS) is 11.2. The second-order valence-electron chi connectivity index (χ2n) is 4.29. The van der Waals surface area contributed by atoms with E-state index in [2.05, 4.69) is 5.32 Å². The molecule has 1 aromatic carbocycles. The quantitative estimate of drug-likeness (QED) is 0.523. The van der Waals surface area contributed by atoms with Crippen LogP contribution in [0.25, 0.3) is 0 Å². The molecule has 0 amide bonds. The van der Waals surface area contributed by atoms with Gasteiger partial charge in [-0.1, -0.05) is 12.1 Å². The van der Waals surface area contributed by atoms with E-state index in [4.69, 9.17) is 9.47 Å². The van der Waals surface area contributed by atoms with Crippen LogP contribution < -0.4 is 5.32 Å². The van der Waals surface area contributed by atoms with Gasteiger partial charge in [-0.3, -0.25) is 0 Å². The molecule has 108 valence electrons. The van der Waals surface area contributed by atoms with E-state index < -0.39 is 0 Å². The van der Waals surface area contributed by atoms with Crippen molar-refractivity contribution in [3.8, 4) is 0 Å². The Balaban J connectivity index is 2.11. The van der Waals surface area contributed by atoms with Crippen molar-refractivity contribution in [2.24, 2.45) is 0 Å². The summed E-state index contributed by atoms with van der Waals surface area (Å²) in [5, 5.41) is 3.33.